The number of carbonyl (C=O) groups is 2. The van der Waals surface area contributed by atoms with Gasteiger partial charge in [0.05, 0.1) is 6.61 Å². The van der Waals surface area contributed by atoms with Crippen molar-refractivity contribution in [2.45, 2.75) is 258 Å². The number of hydrogen-bond acceptors (Lipinski definition) is 5. The second-order valence-electron chi connectivity index (χ2n) is 18.8. The van der Waals surface area contributed by atoms with Crippen molar-refractivity contribution in [2.75, 3.05) is 19.8 Å². The first-order valence-electron chi connectivity index (χ1n) is 29.1. The molecule has 70 heavy (non-hydrogen) atoms. The van der Waals surface area contributed by atoms with Gasteiger partial charge in [0.1, 0.15) is 6.61 Å². The largest absolute Gasteiger partial charge is 0.462 e. The molecule has 0 amide bonds. The van der Waals surface area contributed by atoms with Crippen molar-refractivity contribution in [2.24, 2.45) is 0 Å². The van der Waals surface area contributed by atoms with E-state index in [0.717, 1.165) is 122 Å². The molecule has 0 aliphatic carbocycles. The topological polar surface area (TPSA) is 61.8 Å². The third-order valence-corrected chi connectivity index (χ3v) is 12.0. The van der Waals surface area contributed by atoms with Gasteiger partial charge in [-0.2, -0.15) is 0 Å². The molecule has 5 heteroatoms. The Labute approximate surface area is 433 Å². The van der Waals surface area contributed by atoms with Gasteiger partial charge < -0.3 is 14.2 Å². The molecule has 0 N–H and O–H groups in total. The zero-order valence-electron chi connectivity index (χ0n) is 45.7. The number of esters is 2. The molecule has 0 fully saturated rings. The average molecular weight is 970 g/mol. The Morgan fingerprint density at radius 1 is 0.329 bits per heavy atom. The van der Waals surface area contributed by atoms with Crippen LogP contribution in [0.15, 0.2) is 122 Å². The van der Waals surface area contributed by atoms with Crippen molar-refractivity contribution < 1.29 is 23.8 Å². The van der Waals surface area contributed by atoms with Crippen LogP contribution in [-0.2, 0) is 23.8 Å². The van der Waals surface area contributed by atoms with E-state index >= 15 is 0 Å². The van der Waals surface area contributed by atoms with Gasteiger partial charge in [-0.25, -0.2) is 0 Å². The lowest BCUT2D eigenvalue weighted by Crippen LogP contribution is -2.30. The van der Waals surface area contributed by atoms with Crippen molar-refractivity contribution >= 4 is 11.9 Å². The maximum atomic E-state index is 12.9. The van der Waals surface area contributed by atoms with Crippen molar-refractivity contribution in [1.82, 2.24) is 0 Å². The van der Waals surface area contributed by atoms with E-state index in [4.69, 9.17) is 14.2 Å². The minimum atomic E-state index is -0.568. The van der Waals surface area contributed by atoms with Crippen molar-refractivity contribution in [3.8, 4) is 0 Å². The standard InChI is InChI=1S/C65H108O5/c1-4-7-10-13-16-19-22-25-28-31-33-35-37-40-43-46-49-52-55-58-64(66)69-62-63(61-68-60-57-54-51-48-45-42-39-36-32-29-26-23-20-17-14-11-8-5-2)70-65(67)59-56-53-50-47-44-41-38-34-30-27-24-21-18-15-12-9-6-3/h7,9-10,12,16-21,25-30,33,35,40,43,63H,4-6,8,11,13-15,22-24,31-32,34,36-39,41-42,44-62H2,1-3H3/b10-7-,12-9-,19-16-,20-17-,21-18-,28-25-,29-26-,30-27-,35-33-,43-40-. The Balaban J connectivity index is 4.39. The van der Waals surface area contributed by atoms with Crippen LogP contribution in [0.4, 0.5) is 0 Å². The summed E-state index contributed by atoms with van der Waals surface area (Å²) in [7, 11) is 0. The van der Waals surface area contributed by atoms with Gasteiger partial charge in [0, 0.05) is 19.4 Å². The Morgan fingerprint density at radius 2 is 0.643 bits per heavy atom. The number of carbonyl (C=O) groups excluding carboxylic acids is 2. The second-order valence-corrected chi connectivity index (χ2v) is 18.8. The van der Waals surface area contributed by atoms with Crippen LogP contribution in [-0.4, -0.2) is 37.9 Å². The fraction of sp³-hybridized carbons (Fsp3) is 0.662. The van der Waals surface area contributed by atoms with E-state index < -0.39 is 6.10 Å². The van der Waals surface area contributed by atoms with Crippen LogP contribution in [0.1, 0.15) is 252 Å². The molecule has 398 valence electrons. The van der Waals surface area contributed by atoms with Crippen LogP contribution in [0.3, 0.4) is 0 Å². The first kappa shape index (κ1) is 66.3. The van der Waals surface area contributed by atoms with Gasteiger partial charge in [-0.3, -0.25) is 9.59 Å². The molecule has 0 saturated carbocycles. The molecule has 0 bridgehead atoms. The van der Waals surface area contributed by atoms with E-state index in [1.54, 1.807) is 0 Å². The van der Waals surface area contributed by atoms with Crippen LogP contribution in [0.2, 0.25) is 0 Å². The summed E-state index contributed by atoms with van der Waals surface area (Å²) in [6.07, 6.45) is 83.6. The van der Waals surface area contributed by atoms with E-state index in [-0.39, 0.29) is 25.2 Å². The van der Waals surface area contributed by atoms with Gasteiger partial charge in [-0.15, -0.1) is 0 Å². The molecule has 0 radical (unpaired) electrons. The van der Waals surface area contributed by atoms with Crippen LogP contribution >= 0.6 is 0 Å². The summed E-state index contributed by atoms with van der Waals surface area (Å²) >= 11 is 0. The molecule has 5 nitrogen and oxygen atoms in total. The average Bonchev–Trinajstić information content (AvgIpc) is 3.36. The number of allylic oxidation sites excluding steroid dienone is 20. The Bertz CT molecular complexity index is 1420. The minimum absolute atomic E-state index is 0.0547. The van der Waals surface area contributed by atoms with E-state index in [9.17, 15) is 9.59 Å². The van der Waals surface area contributed by atoms with Gasteiger partial charge in [0.2, 0.25) is 0 Å². The highest BCUT2D eigenvalue weighted by atomic mass is 16.6. The Hall–Kier alpha value is -3.70. The van der Waals surface area contributed by atoms with E-state index in [0.29, 0.717) is 19.4 Å². The maximum Gasteiger partial charge on any atom is 0.306 e. The van der Waals surface area contributed by atoms with E-state index in [1.807, 2.05) is 0 Å². The predicted octanol–water partition coefficient (Wildman–Crippen LogP) is 20.1. The number of ether oxygens (including phenoxy) is 3. The number of unbranched alkanes of at least 4 members (excludes halogenated alkanes) is 21. The zero-order chi connectivity index (χ0) is 50.6. The molecular formula is C65H108O5. The lowest BCUT2D eigenvalue weighted by atomic mass is 10.1. The number of rotatable bonds is 52. The van der Waals surface area contributed by atoms with Crippen molar-refractivity contribution in [1.29, 1.82) is 0 Å². The van der Waals surface area contributed by atoms with E-state index in [1.165, 1.54) is 96.3 Å². The highest BCUT2D eigenvalue weighted by Gasteiger charge is 2.17. The molecular weight excluding hydrogens is 861 g/mol. The molecule has 0 aliphatic rings. The van der Waals surface area contributed by atoms with Gasteiger partial charge in [-0.05, 0) is 128 Å². The maximum absolute atomic E-state index is 12.9. The molecule has 0 aromatic heterocycles. The number of hydrogen-bond donors (Lipinski definition) is 0. The highest BCUT2D eigenvalue weighted by Crippen LogP contribution is 2.14. The van der Waals surface area contributed by atoms with Gasteiger partial charge in [0.25, 0.3) is 0 Å². The van der Waals surface area contributed by atoms with Crippen molar-refractivity contribution in [3.63, 3.8) is 0 Å². The quantitative estimate of drug-likeness (QED) is 0.0345. The summed E-state index contributed by atoms with van der Waals surface area (Å²) in [6, 6.07) is 0. The third-order valence-electron chi connectivity index (χ3n) is 12.0. The lowest BCUT2D eigenvalue weighted by Gasteiger charge is -2.18. The molecule has 0 saturated heterocycles. The summed E-state index contributed by atoms with van der Waals surface area (Å²) in [5, 5.41) is 0. The smallest absolute Gasteiger partial charge is 0.306 e. The SMILES string of the molecule is CC/C=C\C/C=C\C/C=C\C/C=C\C/C=C\CCCCCC(=O)OCC(COCCCCCCCCCC/C=C\C/C=C\CCCCC)OC(=O)CCCCCCCCC/C=C\C/C=C\C/C=C\CC. The molecule has 0 aromatic rings. The lowest BCUT2D eigenvalue weighted by molar-refractivity contribution is -0.163. The molecule has 1 unspecified atom stereocenters. The normalized spacial score (nSPS) is 13.1. The Kier molecular flexibility index (Phi) is 56.5. The first-order chi connectivity index (χ1) is 34.6. The van der Waals surface area contributed by atoms with E-state index in [2.05, 4.69) is 142 Å². The summed E-state index contributed by atoms with van der Waals surface area (Å²) in [6.45, 7) is 7.53. The molecule has 0 aromatic carbocycles. The Morgan fingerprint density at radius 3 is 1.04 bits per heavy atom. The summed E-state index contributed by atoms with van der Waals surface area (Å²) in [4.78, 5) is 25.5. The summed E-state index contributed by atoms with van der Waals surface area (Å²) < 4.78 is 17.5. The van der Waals surface area contributed by atoms with Crippen molar-refractivity contribution in [3.05, 3.63) is 122 Å². The first-order valence-corrected chi connectivity index (χ1v) is 29.1. The predicted molar refractivity (Wildman–Crippen MR) is 306 cm³/mol. The molecule has 0 heterocycles. The highest BCUT2D eigenvalue weighted by molar-refractivity contribution is 5.70. The van der Waals surface area contributed by atoms with Gasteiger partial charge in [0.15, 0.2) is 6.10 Å². The molecule has 1 atom stereocenters. The third kappa shape index (κ3) is 56.9. The van der Waals surface area contributed by atoms with Crippen LogP contribution in [0, 0.1) is 0 Å². The van der Waals surface area contributed by atoms with Gasteiger partial charge >= 0.3 is 11.9 Å². The van der Waals surface area contributed by atoms with Crippen LogP contribution < -0.4 is 0 Å². The van der Waals surface area contributed by atoms with Gasteiger partial charge in [-0.1, -0.05) is 232 Å². The van der Waals surface area contributed by atoms with Crippen LogP contribution in [0.5, 0.6) is 0 Å². The second kappa shape index (κ2) is 59.6. The minimum Gasteiger partial charge on any atom is -0.462 e. The fourth-order valence-corrected chi connectivity index (χ4v) is 7.70. The molecule has 0 spiro atoms. The van der Waals surface area contributed by atoms with Crippen LogP contribution in [0.25, 0.3) is 0 Å². The molecule has 0 aliphatic heterocycles. The molecule has 0 rings (SSSR count). The monoisotopic (exact) mass is 969 g/mol. The summed E-state index contributed by atoms with van der Waals surface area (Å²) in [5.41, 5.74) is 0. The zero-order valence-corrected chi connectivity index (χ0v) is 45.7. The fourth-order valence-electron chi connectivity index (χ4n) is 7.70. The summed E-state index contributed by atoms with van der Waals surface area (Å²) in [5.74, 6) is -0.451.